The number of hydrogen-bond donors (Lipinski definition) is 1. The van der Waals surface area contributed by atoms with Crippen LogP contribution in [0, 0.1) is 13.8 Å². The molecule has 1 aromatic carbocycles. The van der Waals surface area contributed by atoms with E-state index in [0.29, 0.717) is 29.0 Å². The van der Waals surface area contributed by atoms with E-state index in [9.17, 15) is 23.1 Å². The average Bonchev–Trinajstić information content (AvgIpc) is 3.30. The molecule has 0 spiro atoms. The Balaban J connectivity index is 1.92. The van der Waals surface area contributed by atoms with E-state index in [1.807, 2.05) is 0 Å². The quantitative estimate of drug-likeness (QED) is 0.701. The fourth-order valence-corrected chi connectivity index (χ4v) is 6.20. The number of esters is 1. The molecule has 2 fully saturated rings. The van der Waals surface area contributed by atoms with Crippen LogP contribution in [0.25, 0.3) is 0 Å². The summed E-state index contributed by atoms with van der Waals surface area (Å²) in [6.07, 6.45) is 0.105. The molecule has 8 nitrogen and oxygen atoms in total. The van der Waals surface area contributed by atoms with Crippen molar-refractivity contribution >= 4 is 33.5 Å². The molecule has 29 heavy (non-hydrogen) atoms. The number of aryl methyl sites for hydroxylation is 2. The standard InChI is InChI=1S/C19H25ClN2O6S/c1-11-8-17(12(2)7-14(11)20)29(26,27)22-6-4-5-15(22)18(24)21-10-13(23)9-16(21)19(25)28-3/h7-8,13,15-16,23H,4-6,9-10H2,1-3H3/t13-,15+,16-/m0/s1. The first-order valence-electron chi connectivity index (χ1n) is 9.43. The molecule has 0 bridgehead atoms. The van der Waals surface area contributed by atoms with Crippen LogP contribution in [0.4, 0.5) is 0 Å². The monoisotopic (exact) mass is 444 g/mol. The van der Waals surface area contributed by atoms with E-state index >= 15 is 0 Å². The van der Waals surface area contributed by atoms with Gasteiger partial charge in [-0.2, -0.15) is 4.31 Å². The molecule has 0 unspecified atom stereocenters. The Morgan fingerprint density at radius 1 is 1.21 bits per heavy atom. The SMILES string of the molecule is COC(=O)[C@@H]1C[C@H](O)CN1C(=O)[C@H]1CCCN1S(=O)(=O)c1cc(C)c(Cl)cc1C. The summed E-state index contributed by atoms with van der Waals surface area (Å²) in [7, 11) is -2.72. The van der Waals surface area contributed by atoms with Gasteiger partial charge in [-0.1, -0.05) is 11.6 Å². The Labute approximate surface area is 175 Å². The van der Waals surface area contributed by atoms with E-state index in [0.717, 1.165) is 0 Å². The lowest BCUT2D eigenvalue weighted by molar-refractivity contribution is -0.152. The van der Waals surface area contributed by atoms with Gasteiger partial charge in [0, 0.05) is 24.5 Å². The van der Waals surface area contributed by atoms with E-state index in [1.165, 1.54) is 22.4 Å². The number of ether oxygens (including phenoxy) is 1. The fourth-order valence-electron chi connectivity index (χ4n) is 4.04. The second kappa shape index (κ2) is 8.22. The van der Waals surface area contributed by atoms with E-state index in [-0.39, 0.29) is 24.4 Å². The molecule has 2 aliphatic rings. The molecule has 160 valence electrons. The van der Waals surface area contributed by atoms with Crippen LogP contribution in [0.3, 0.4) is 0 Å². The number of rotatable bonds is 4. The summed E-state index contributed by atoms with van der Waals surface area (Å²) < 4.78 is 32.7. The maximum Gasteiger partial charge on any atom is 0.328 e. The first-order chi connectivity index (χ1) is 13.6. The number of sulfonamides is 1. The highest BCUT2D eigenvalue weighted by atomic mass is 35.5. The first kappa shape index (κ1) is 22.0. The first-order valence-corrected chi connectivity index (χ1v) is 11.2. The van der Waals surface area contributed by atoms with Crippen molar-refractivity contribution in [1.29, 1.82) is 0 Å². The zero-order chi connectivity index (χ0) is 21.5. The third-order valence-electron chi connectivity index (χ3n) is 5.57. The number of aliphatic hydroxyl groups excluding tert-OH is 1. The number of β-amino-alcohol motifs (C(OH)–C–C–N with tert-alkyl or cyclic N) is 1. The predicted octanol–water partition coefficient (Wildman–Crippen LogP) is 1.24. The van der Waals surface area contributed by atoms with Crippen molar-refractivity contribution in [3.05, 3.63) is 28.3 Å². The van der Waals surface area contributed by atoms with Gasteiger partial charge in [0.1, 0.15) is 12.1 Å². The van der Waals surface area contributed by atoms with Crippen molar-refractivity contribution in [2.24, 2.45) is 0 Å². The molecule has 2 heterocycles. The molecule has 10 heteroatoms. The van der Waals surface area contributed by atoms with Gasteiger partial charge in [-0.15, -0.1) is 0 Å². The lowest BCUT2D eigenvalue weighted by Gasteiger charge is -2.30. The molecule has 2 aliphatic heterocycles. The number of carbonyl (C=O) groups excluding carboxylic acids is 2. The number of amides is 1. The minimum Gasteiger partial charge on any atom is -0.467 e. The molecule has 1 N–H and O–H groups in total. The number of carbonyl (C=O) groups is 2. The Hall–Kier alpha value is -1.68. The van der Waals surface area contributed by atoms with E-state index in [4.69, 9.17) is 16.3 Å². The molecule has 0 aromatic heterocycles. The van der Waals surface area contributed by atoms with Crippen LogP contribution in [-0.4, -0.2) is 73.0 Å². The summed E-state index contributed by atoms with van der Waals surface area (Å²) in [6.45, 7) is 3.57. The lowest BCUT2D eigenvalue weighted by Crippen LogP contribution is -2.51. The van der Waals surface area contributed by atoms with Crippen LogP contribution in [-0.2, 0) is 24.3 Å². The Morgan fingerprint density at radius 3 is 2.55 bits per heavy atom. The van der Waals surface area contributed by atoms with E-state index in [2.05, 4.69) is 0 Å². The minimum atomic E-state index is -3.94. The zero-order valence-corrected chi connectivity index (χ0v) is 18.2. The van der Waals surface area contributed by atoms with Crippen molar-refractivity contribution in [2.75, 3.05) is 20.2 Å². The minimum absolute atomic E-state index is 0.0257. The predicted molar refractivity (Wildman–Crippen MR) is 106 cm³/mol. The average molecular weight is 445 g/mol. The number of nitrogens with zero attached hydrogens (tertiary/aromatic N) is 2. The van der Waals surface area contributed by atoms with Crippen molar-refractivity contribution in [3.8, 4) is 0 Å². The molecule has 0 aliphatic carbocycles. The van der Waals surface area contributed by atoms with Gasteiger partial charge in [0.05, 0.1) is 18.1 Å². The molecule has 0 saturated carbocycles. The molecule has 3 rings (SSSR count). The number of benzene rings is 1. The summed E-state index contributed by atoms with van der Waals surface area (Å²) in [6, 6.07) is 1.28. The molecule has 2 saturated heterocycles. The van der Waals surface area contributed by atoms with Crippen LogP contribution in [0.2, 0.25) is 5.02 Å². The molecule has 1 aromatic rings. The van der Waals surface area contributed by atoms with Crippen LogP contribution in [0.15, 0.2) is 17.0 Å². The van der Waals surface area contributed by atoms with Crippen LogP contribution < -0.4 is 0 Å². The topological polar surface area (TPSA) is 104 Å². The summed E-state index contributed by atoms with van der Waals surface area (Å²) in [4.78, 5) is 26.6. The van der Waals surface area contributed by atoms with Gasteiger partial charge in [0.25, 0.3) is 0 Å². The highest BCUT2D eigenvalue weighted by molar-refractivity contribution is 7.89. The maximum absolute atomic E-state index is 13.4. The second-order valence-electron chi connectivity index (χ2n) is 7.56. The molecule has 0 radical (unpaired) electrons. The van der Waals surface area contributed by atoms with Gasteiger partial charge in [0.2, 0.25) is 15.9 Å². The third kappa shape index (κ3) is 4.01. The highest BCUT2D eigenvalue weighted by Gasteiger charge is 2.47. The third-order valence-corrected chi connectivity index (χ3v) is 8.02. The number of halogens is 1. The zero-order valence-electron chi connectivity index (χ0n) is 16.6. The smallest absolute Gasteiger partial charge is 0.328 e. The normalized spacial score (nSPS) is 25.4. The number of hydrogen-bond acceptors (Lipinski definition) is 6. The summed E-state index contributed by atoms with van der Waals surface area (Å²) in [5.41, 5.74) is 1.13. The van der Waals surface area contributed by atoms with Crippen LogP contribution in [0.5, 0.6) is 0 Å². The van der Waals surface area contributed by atoms with Gasteiger partial charge < -0.3 is 14.7 Å². The number of likely N-dealkylation sites (tertiary alicyclic amines) is 1. The summed E-state index contributed by atoms with van der Waals surface area (Å²) in [5.74, 6) is -1.10. The van der Waals surface area contributed by atoms with Crippen molar-refractivity contribution in [3.63, 3.8) is 0 Å². The molecule has 1 amide bonds. The maximum atomic E-state index is 13.4. The van der Waals surface area contributed by atoms with Crippen LogP contribution in [0.1, 0.15) is 30.4 Å². The van der Waals surface area contributed by atoms with Gasteiger partial charge >= 0.3 is 5.97 Å². The Kier molecular flexibility index (Phi) is 6.24. The Bertz CT molecular complexity index is 935. The largest absolute Gasteiger partial charge is 0.467 e. The molecular formula is C19H25ClN2O6S. The second-order valence-corrected chi connectivity index (χ2v) is 9.83. The van der Waals surface area contributed by atoms with Gasteiger partial charge in [0.15, 0.2) is 0 Å². The van der Waals surface area contributed by atoms with Crippen molar-refractivity contribution in [1.82, 2.24) is 9.21 Å². The van der Waals surface area contributed by atoms with Gasteiger partial charge in [-0.05, 0) is 49.9 Å². The van der Waals surface area contributed by atoms with Crippen LogP contribution >= 0.6 is 11.6 Å². The Morgan fingerprint density at radius 2 is 1.90 bits per heavy atom. The van der Waals surface area contributed by atoms with Crippen molar-refractivity contribution < 1.29 is 27.9 Å². The molecular weight excluding hydrogens is 420 g/mol. The van der Waals surface area contributed by atoms with Gasteiger partial charge in [-0.25, -0.2) is 13.2 Å². The summed E-state index contributed by atoms with van der Waals surface area (Å²) >= 11 is 6.10. The lowest BCUT2D eigenvalue weighted by atomic mass is 10.1. The highest BCUT2D eigenvalue weighted by Crippen LogP contribution is 2.32. The summed E-state index contributed by atoms with van der Waals surface area (Å²) in [5, 5.41) is 10.4. The van der Waals surface area contributed by atoms with Gasteiger partial charge in [-0.3, -0.25) is 4.79 Å². The van der Waals surface area contributed by atoms with E-state index in [1.54, 1.807) is 19.9 Å². The number of methoxy groups -OCH3 is 1. The molecule has 3 atom stereocenters. The number of aliphatic hydroxyl groups is 1. The van der Waals surface area contributed by atoms with E-state index < -0.39 is 40.1 Å². The van der Waals surface area contributed by atoms with Crippen molar-refractivity contribution in [2.45, 2.75) is 56.2 Å². The fraction of sp³-hybridized carbons (Fsp3) is 0.579.